The van der Waals surface area contributed by atoms with Gasteiger partial charge in [-0.15, -0.1) is 11.8 Å². The molecule has 15 heavy (non-hydrogen) atoms. The molecular weight excluding hydrogens is 204 g/mol. The molecule has 1 aromatic rings. The maximum absolute atomic E-state index is 4.36. The van der Waals surface area contributed by atoms with Crippen LogP contribution >= 0.6 is 11.8 Å². The van der Waals surface area contributed by atoms with Crippen LogP contribution in [0.4, 0.5) is 5.82 Å². The third kappa shape index (κ3) is 4.12. The SMILES string of the molecule is CCC(CC)CNc1ccc(SC)cn1. The van der Waals surface area contributed by atoms with Crippen LogP contribution in [-0.4, -0.2) is 17.8 Å². The molecule has 0 spiro atoms. The van der Waals surface area contributed by atoms with Gasteiger partial charge in [-0.2, -0.15) is 0 Å². The van der Waals surface area contributed by atoms with Crippen molar-refractivity contribution in [1.82, 2.24) is 4.98 Å². The number of pyridine rings is 1. The van der Waals surface area contributed by atoms with Crippen molar-refractivity contribution in [2.24, 2.45) is 5.92 Å². The van der Waals surface area contributed by atoms with Gasteiger partial charge in [0.2, 0.25) is 0 Å². The van der Waals surface area contributed by atoms with Crippen LogP contribution in [0.3, 0.4) is 0 Å². The number of thioether (sulfide) groups is 1. The van der Waals surface area contributed by atoms with Crippen molar-refractivity contribution in [3.63, 3.8) is 0 Å². The summed E-state index contributed by atoms with van der Waals surface area (Å²) in [6, 6.07) is 4.15. The molecule has 0 aliphatic rings. The van der Waals surface area contributed by atoms with Gasteiger partial charge in [-0.3, -0.25) is 0 Å². The second-order valence-electron chi connectivity index (χ2n) is 3.65. The number of hydrogen-bond acceptors (Lipinski definition) is 3. The molecule has 0 radical (unpaired) electrons. The second kappa shape index (κ2) is 6.72. The minimum absolute atomic E-state index is 0.757. The number of aromatic nitrogens is 1. The molecule has 3 heteroatoms. The summed E-state index contributed by atoms with van der Waals surface area (Å²) in [5, 5.41) is 3.38. The molecule has 0 aliphatic heterocycles. The summed E-state index contributed by atoms with van der Waals surface area (Å²) in [5.74, 6) is 1.74. The molecule has 0 fully saturated rings. The largest absolute Gasteiger partial charge is 0.370 e. The fourth-order valence-electron chi connectivity index (χ4n) is 1.43. The molecule has 0 saturated carbocycles. The quantitative estimate of drug-likeness (QED) is 0.747. The Balaban J connectivity index is 2.43. The Morgan fingerprint density at radius 1 is 1.33 bits per heavy atom. The van der Waals surface area contributed by atoms with Crippen LogP contribution in [0.5, 0.6) is 0 Å². The van der Waals surface area contributed by atoms with Crippen LogP contribution in [0.2, 0.25) is 0 Å². The molecule has 0 atom stereocenters. The Morgan fingerprint density at radius 2 is 2.07 bits per heavy atom. The summed E-state index contributed by atoms with van der Waals surface area (Å²) in [6.07, 6.45) is 6.44. The number of anilines is 1. The summed E-state index contributed by atoms with van der Waals surface area (Å²) < 4.78 is 0. The van der Waals surface area contributed by atoms with E-state index in [-0.39, 0.29) is 0 Å². The van der Waals surface area contributed by atoms with E-state index in [1.807, 2.05) is 12.3 Å². The van der Waals surface area contributed by atoms with E-state index in [1.54, 1.807) is 11.8 Å². The van der Waals surface area contributed by atoms with Gasteiger partial charge in [-0.05, 0) is 24.3 Å². The standard InChI is InChI=1S/C12H20N2S/c1-4-10(5-2)8-13-12-7-6-11(15-3)9-14-12/h6-7,9-10H,4-5,8H2,1-3H3,(H,13,14). The molecule has 1 N–H and O–H groups in total. The first-order valence-corrected chi connectivity index (χ1v) is 6.76. The van der Waals surface area contributed by atoms with E-state index < -0.39 is 0 Å². The third-order valence-electron chi connectivity index (χ3n) is 2.70. The maximum atomic E-state index is 4.36. The Bertz CT molecular complexity index is 267. The molecule has 0 aromatic carbocycles. The summed E-state index contributed by atoms with van der Waals surface area (Å²) in [7, 11) is 0. The Labute approximate surface area is 96.9 Å². The van der Waals surface area contributed by atoms with Crippen molar-refractivity contribution in [3.05, 3.63) is 18.3 Å². The topological polar surface area (TPSA) is 24.9 Å². The minimum Gasteiger partial charge on any atom is -0.370 e. The molecule has 0 aliphatic carbocycles. The predicted octanol–water partition coefficient (Wildman–Crippen LogP) is 3.65. The predicted molar refractivity (Wildman–Crippen MR) is 68.6 cm³/mol. The molecule has 84 valence electrons. The normalized spacial score (nSPS) is 10.7. The molecule has 1 aromatic heterocycles. The summed E-state index contributed by atoms with van der Waals surface area (Å²) in [6.45, 7) is 5.50. The van der Waals surface area contributed by atoms with Crippen molar-refractivity contribution >= 4 is 17.6 Å². The van der Waals surface area contributed by atoms with E-state index >= 15 is 0 Å². The smallest absolute Gasteiger partial charge is 0.125 e. The third-order valence-corrected chi connectivity index (χ3v) is 3.41. The van der Waals surface area contributed by atoms with E-state index in [9.17, 15) is 0 Å². The van der Waals surface area contributed by atoms with Gasteiger partial charge >= 0.3 is 0 Å². The molecule has 0 bridgehead atoms. The molecule has 0 amide bonds. The zero-order chi connectivity index (χ0) is 11.1. The van der Waals surface area contributed by atoms with Crippen LogP contribution in [0.1, 0.15) is 26.7 Å². The van der Waals surface area contributed by atoms with Crippen molar-refractivity contribution in [2.75, 3.05) is 18.1 Å². The van der Waals surface area contributed by atoms with Gasteiger partial charge in [0.15, 0.2) is 0 Å². The zero-order valence-corrected chi connectivity index (χ0v) is 10.6. The average Bonchev–Trinajstić information content (AvgIpc) is 2.31. The molecule has 2 nitrogen and oxygen atoms in total. The monoisotopic (exact) mass is 224 g/mol. The maximum Gasteiger partial charge on any atom is 0.125 e. The Kier molecular flexibility index (Phi) is 5.54. The minimum atomic E-state index is 0.757. The summed E-state index contributed by atoms with van der Waals surface area (Å²) in [4.78, 5) is 5.57. The van der Waals surface area contributed by atoms with E-state index in [4.69, 9.17) is 0 Å². The van der Waals surface area contributed by atoms with Crippen LogP contribution in [0.25, 0.3) is 0 Å². The zero-order valence-electron chi connectivity index (χ0n) is 9.79. The van der Waals surface area contributed by atoms with Gasteiger partial charge in [0.05, 0.1) is 0 Å². The molecule has 1 rings (SSSR count). The fourth-order valence-corrected chi connectivity index (χ4v) is 1.79. The summed E-state index contributed by atoms with van der Waals surface area (Å²) >= 11 is 1.72. The highest BCUT2D eigenvalue weighted by molar-refractivity contribution is 7.98. The van der Waals surface area contributed by atoms with E-state index in [0.29, 0.717) is 0 Å². The van der Waals surface area contributed by atoms with Gasteiger partial charge < -0.3 is 5.32 Å². The van der Waals surface area contributed by atoms with E-state index in [0.717, 1.165) is 18.3 Å². The van der Waals surface area contributed by atoms with Crippen LogP contribution in [0.15, 0.2) is 23.2 Å². The number of hydrogen-bond donors (Lipinski definition) is 1. The fraction of sp³-hybridized carbons (Fsp3) is 0.583. The van der Waals surface area contributed by atoms with Crippen molar-refractivity contribution in [1.29, 1.82) is 0 Å². The van der Waals surface area contributed by atoms with E-state index in [2.05, 4.69) is 36.5 Å². The molecule has 0 saturated heterocycles. The van der Waals surface area contributed by atoms with E-state index in [1.165, 1.54) is 17.7 Å². The number of rotatable bonds is 6. The lowest BCUT2D eigenvalue weighted by Crippen LogP contribution is -2.13. The van der Waals surface area contributed by atoms with Crippen LogP contribution in [0, 0.1) is 5.92 Å². The van der Waals surface area contributed by atoms with Crippen molar-refractivity contribution in [3.8, 4) is 0 Å². The highest BCUT2D eigenvalue weighted by Gasteiger charge is 2.02. The van der Waals surface area contributed by atoms with Gasteiger partial charge in [-0.1, -0.05) is 26.7 Å². The Morgan fingerprint density at radius 3 is 2.53 bits per heavy atom. The van der Waals surface area contributed by atoms with Gasteiger partial charge in [-0.25, -0.2) is 4.98 Å². The first kappa shape index (κ1) is 12.4. The first-order chi connectivity index (χ1) is 7.30. The van der Waals surface area contributed by atoms with Crippen LogP contribution < -0.4 is 5.32 Å². The highest BCUT2D eigenvalue weighted by Crippen LogP contribution is 2.15. The number of nitrogens with zero attached hydrogens (tertiary/aromatic N) is 1. The molecular formula is C12H20N2S. The van der Waals surface area contributed by atoms with Crippen LogP contribution in [-0.2, 0) is 0 Å². The number of nitrogens with one attached hydrogen (secondary N) is 1. The second-order valence-corrected chi connectivity index (χ2v) is 4.53. The Hall–Kier alpha value is -0.700. The van der Waals surface area contributed by atoms with Gasteiger partial charge in [0.25, 0.3) is 0 Å². The first-order valence-electron chi connectivity index (χ1n) is 5.54. The summed E-state index contributed by atoms with van der Waals surface area (Å²) in [5.41, 5.74) is 0. The van der Waals surface area contributed by atoms with Crippen molar-refractivity contribution in [2.45, 2.75) is 31.6 Å². The molecule has 0 unspecified atom stereocenters. The lowest BCUT2D eigenvalue weighted by molar-refractivity contribution is 0.518. The van der Waals surface area contributed by atoms with Gasteiger partial charge in [0, 0.05) is 17.6 Å². The van der Waals surface area contributed by atoms with Gasteiger partial charge in [0.1, 0.15) is 5.82 Å². The average molecular weight is 224 g/mol. The highest BCUT2D eigenvalue weighted by atomic mass is 32.2. The van der Waals surface area contributed by atoms with Crippen molar-refractivity contribution < 1.29 is 0 Å². The lowest BCUT2D eigenvalue weighted by Gasteiger charge is -2.13. The molecule has 1 heterocycles. The lowest BCUT2D eigenvalue weighted by atomic mass is 10.0.